The highest BCUT2D eigenvalue weighted by molar-refractivity contribution is 5.95. The Hall–Kier alpha value is -3.70. The van der Waals surface area contributed by atoms with E-state index in [1.54, 1.807) is 4.90 Å². The largest absolute Gasteiger partial charge is 0.416 e. The average molecular weight is 484 g/mol. The normalized spacial score (nSPS) is 14.4. The van der Waals surface area contributed by atoms with Gasteiger partial charge in [0.15, 0.2) is 23.3 Å². The maximum Gasteiger partial charge on any atom is 0.416 e. The van der Waals surface area contributed by atoms with Gasteiger partial charge >= 0.3 is 6.18 Å². The number of carbonyl (C=O) groups excluding carboxylic acids is 1. The summed E-state index contributed by atoms with van der Waals surface area (Å²) in [6.07, 6.45) is -3.14. The number of rotatable bonds is 3. The number of anilines is 1. The Labute approximate surface area is 188 Å². The molecule has 0 bridgehead atoms. The summed E-state index contributed by atoms with van der Waals surface area (Å²) in [6.45, 7) is 0.0949. The lowest BCUT2D eigenvalue weighted by atomic mass is 10.1. The first-order valence-corrected chi connectivity index (χ1v) is 9.94. The lowest BCUT2D eigenvalue weighted by Gasteiger charge is -2.35. The summed E-state index contributed by atoms with van der Waals surface area (Å²) < 4.78 is 93.9. The van der Waals surface area contributed by atoms with E-state index in [0.29, 0.717) is 0 Å². The zero-order chi connectivity index (χ0) is 24.6. The van der Waals surface area contributed by atoms with Crippen LogP contribution >= 0.6 is 0 Å². The quantitative estimate of drug-likeness (QED) is 0.400. The molecule has 2 heterocycles. The molecule has 12 heteroatoms. The molecule has 178 valence electrons. The Bertz CT molecular complexity index is 1210. The molecule has 5 nitrogen and oxygen atoms in total. The van der Waals surface area contributed by atoms with Crippen LogP contribution in [0.15, 0.2) is 42.6 Å². The molecular formula is C22H15F7N4O. The number of aromatic nitrogens is 2. The number of nitrogens with zero attached hydrogens (tertiary/aromatic N) is 4. The van der Waals surface area contributed by atoms with Crippen LogP contribution in [0, 0.1) is 23.3 Å². The summed E-state index contributed by atoms with van der Waals surface area (Å²) in [7, 11) is 0. The number of alkyl halides is 3. The first-order chi connectivity index (χ1) is 16.1. The van der Waals surface area contributed by atoms with E-state index in [9.17, 15) is 35.5 Å². The topological polar surface area (TPSA) is 49.3 Å². The van der Waals surface area contributed by atoms with Crippen LogP contribution < -0.4 is 4.90 Å². The second-order valence-electron chi connectivity index (χ2n) is 7.44. The predicted octanol–water partition coefficient (Wildman–Crippen LogP) is 4.68. The zero-order valence-electron chi connectivity index (χ0n) is 17.2. The van der Waals surface area contributed by atoms with Crippen LogP contribution in [0.5, 0.6) is 0 Å². The van der Waals surface area contributed by atoms with E-state index in [4.69, 9.17) is 0 Å². The summed E-state index contributed by atoms with van der Waals surface area (Å²) in [6, 6.07) is 6.11. The van der Waals surface area contributed by atoms with Gasteiger partial charge in [0.05, 0.1) is 11.3 Å². The van der Waals surface area contributed by atoms with Gasteiger partial charge in [0.1, 0.15) is 5.56 Å². The average Bonchev–Trinajstić information content (AvgIpc) is 2.82. The van der Waals surface area contributed by atoms with E-state index < -0.39 is 46.5 Å². The lowest BCUT2D eigenvalue weighted by Crippen LogP contribution is -2.49. The number of hydrogen-bond donors (Lipinski definition) is 0. The molecule has 1 saturated heterocycles. The zero-order valence-corrected chi connectivity index (χ0v) is 17.2. The minimum atomic E-state index is -4.52. The van der Waals surface area contributed by atoms with Crippen molar-refractivity contribution in [3.05, 3.63) is 77.0 Å². The van der Waals surface area contributed by atoms with Gasteiger partial charge in [-0.25, -0.2) is 27.5 Å². The number of amides is 1. The van der Waals surface area contributed by atoms with Crippen LogP contribution in [0.4, 0.5) is 36.7 Å². The third kappa shape index (κ3) is 4.52. The van der Waals surface area contributed by atoms with Crippen LogP contribution in [0.1, 0.15) is 15.9 Å². The molecule has 3 aromatic rings. The Morgan fingerprint density at radius 2 is 1.53 bits per heavy atom. The van der Waals surface area contributed by atoms with Crippen LogP contribution in [-0.4, -0.2) is 47.0 Å². The smallest absolute Gasteiger partial charge is 0.337 e. The van der Waals surface area contributed by atoms with E-state index >= 15 is 0 Å². The highest BCUT2D eigenvalue weighted by Gasteiger charge is 2.32. The maximum absolute atomic E-state index is 14.0. The molecule has 1 amide bonds. The number of halogens is 7. The Morgan fingerprint density at radius 1 is 0.882 bits per heavy atom. The van der Waals surface area contributed by atoms with Crippen molar-refractivity contribution in [2.75, 3.05) is 31.1 Å². The van der Waals surface area contributed by atoms with Gasteiger partial charge in [0, 0.05) is 44.0 Å². The maximum atomic E-state index is 14.0. The molecule has 1 fully saturated rings. The molecule has 0 saturated carbocycles. The Morgan fingerprint density at radius 3 is 2.15 bits per heavy atom. The fourth-order valence-electron chi connectivity index (χ4n) is 3.54. The van der Waals surface area contributed by atoms with Gasteiger partial charge in [0.2, 0.25) is 5.95 Å². The van der Waals surface area contributed by atoms with Crippen molar-refractivity contribution in [2.45, 2.75) is 6.18 Å². The molecule has 1 aliphatic rings. The summed E-state index contributed by atoms with van der Waals surface area (Å²) in [5, 5.41) is 0. The lowest BCUT2D eigenvalue weighted by molar-refractivity contribution is -0.137. The van der Waals surface area contributed by atoms with Crippen molar-refractivity contribution in [1.82, 2.24) is 14.9 Å². The number of hydrogen-bond acceptors (Lipinski definition) is 4. The molecule has 1 aromatic heterocycles. The molecule has 0 N–H and O–H groups in total. The molecule has 1 aliphatic heterocycles. The molecule has 2 aromatic carbocycles. The van der Waals surface area contributed by atoms with Crippen molar-refractivity contribution in [3.63, 3.8) is 0 Å². The Kier molecular flexibility index (Phi) is 6.15. The highest BCUT2D eigenvalue weighted by atomic mass is 19.4. The number of benzene rings is 2. The van der Waals surface area contributed by atoms with E-state index in [2.05, 4.69) is 9.97 Å². The summed E-state index contributed by atoms with van der Waals surface area (Å²) >= 11 is 0. The van der Waals surface area contributed by atoms with Crippen LogP contribution in [-0.2, 0) is 6.18 Å². The summed E-state index contributed by atoms with van der Waals surface area (Å²) in [5.41, 5.74) is -1.67. The third-order valence-corrected chi connectivity index (χ3v) is 5.30. The van der Waals surface area contributed by atoms with Crippen LogP contribution in [0.3, 0.4) is 0 Å². The minimum absolute atomic E-state index is 0.0219. The Balaban J connectivity index is 1.50. The fourth-order valence-corrected chi connectivity index (χ4v) is 3.54. The first-order valence-electron chi connectivity index (χ1n) is 9.94. The van der Waals surface area contributed by atoms with Gasteiger partial charge in [-0.3, -0.25) is 4.79 Å². The fraction of sp³-hybridized carbons (Fsp3) is 0.227. The number of carbonyl (C=O) groups is 1. The second-order valence-corrected chi connectivity index (χ2v) is 7.44. The van der Waals surface area contributed by atoms with Crippen molar-refractivity contribution in [1.29, 1.82) is 0 Å². The molecule has 4 rings (SSSR count). The van der Waals surface area contributed by atoms with Crippen molar-refractivity contribution in [3.8, 4) is 11.3 Å². The van der Waals surface area contributed by atoms with Crippen LogP contribution in [0.2, 0.25) is 0 Å². The molecule has 0 unspecified atom stereocenters. The molecule has 0 atom stereocenters. The standard InChI is InChI=1S/C22H15F7N4O/c23-14-11-15(24)19(26)17(18(14)25)20(34)32-6-8-33(9-7-32)21-30-5-4-16(31-21)12-2-1-3-13(10-12)22(27,28)29/h1-5,10-11H,6-9H2. The van der Waals surface area contributed by atoms with Crippen molar-refractivity contribution in [2.24, 2.45) is 0 Å². The predicted molar refractivity (Wildman–Crippen MR) is 107 cm³/mol. The SMILES string of the molecule is O=C(c1c(F)c(F)cc(F)c1F)N1CCN(c2nccc(-c3cccc(C(F)(F)F)c3)n2)CC1. The molecule has 0 aliphatic carbocycles. The van der Waals surface area contributed by atoms with Crippen molar-refractivity contribution < 1.29 is 35.5 Å². The third-order valence-electron chi connectivity index (χ3n) is 5.30. The minimum Gasteiger partial charge on any atom is -0.337 e. The summed E-state index contributed by atoms with van der Waals surface area (Å²) in [4.78, 5) is 23.6. The first kappa shape index (κ1) is 23.5. The van der Waals surface area contributed by atoms with E-state index in [0.717, 1.165) is 17.0 Å². The second kappa shape index (κ2) is 8.92. The van der Waals surface area contributed by atoms with E-state index in [-0.39, 0.29) is 49.5 Å². The van der Waals surface area contributed by atoms with Gasteiger partial charge in [-0.05, 0) is 18.2 Å². The van der Waals surface area contributed by atoms with Crippen molar-refractivity contribution >= 4 is 11.9 Å². The molecule has 0 spiro atoms. The van der Waals surface area contributed by atoms with E-state index in [1.807, 2.05) is 0 Å². The van der Waals surface area contributed by atoms with Gasteiger partial charge in [-0.15, -0.1) is 0 Å². The van der Waals surface area contributed by atoms with Gasteiger partial charge < -0.3 is 9.80 Å². The highest BCUT2D eigenvalue weighted by Crippen LogP contribution is 2.32. The van der Waals surface area contributed by atoms with Gasteiger partial charge in [0.25, 0.3) is 5.91 Å². The molecular weight excluding hydrogens is 469 g/mol. The number of piperazine rings is 1. The molecule has 0 radical (unpaired) electrons. The van der Waals surface area contributed by atoms with Gasteiger partial charge in [-0.1, -0.05) is 12.1 Å². The summed E-state index contributed by atoms with van der Waals surface area (Å²) in [5.74, 6) is -7.93. The van der Waals surface area contributed by atoms with Crippen LogP contribution in [0.25, 0.3) is 11.3 Å². The van der Waals surface area contributed by atoms with E-state index in [1.165, 1.54) is 24.4 Å². The monoisotopic (exact) mass is 484 g/mol. The van der Waals surface area contributed by atoms with Gasteiger partial charge in [-0.2, -0.15) is 13.2 Å². The molecule has 34 heavy (non-hydrogen) atoms.